The first kappa shape index (κ1) is 16.1. The lowest BCUT2D eigenvalue weighted by molar-refractivity contribution is -0.129. The molecule has 0 fully saturated rings. The van der Waals surface area contributed by atoms with Gasteiger partial charge in [0.1, 0.15) is 5.75 Å². The summed E-state index contributed by atoms with van der Waals surface area (Å²) in [6.07, 6.45) is 1.09. The Morgan fingerprint density at radius 3 is 2.67 bits per heavy atom. The van der Waals surface area contributed by atoms with Crippen molar-refractivity contribution in [3.8, 4) is 5.75 Å². The highest BCUT2D eigenvalue weighted by molar-refractivity contribution is 6.01. The summed E-state index contributed by atoms with van der Waals surface area (Å²) >= 11 is 0. The second kappa shape index (κ2) is 6.35. The molecule has 0 unspecified atom stereocenters. The Balaban J connectivity index is 1.63. The Morgan fingerprint density at radius 1 is 1.17 bits per heavy atom. The van der Waals surface area contributed by atoms with Crippen molar-refractivity contribution in [3.63, 3.8) is 0 Å². The first-order valence-corrected chi connectivity index (χ1v) is 7.92. The number of benzene rings is 2. The van der Waals surface area contributed by atoms with Gasteiger partial charge in [-0.3, -0.25) is 9.59 Å². The summed E-state index contributed by atoms with van der Waals surface area (Å²) in [5.41, 5.74) is 1.43. The van der Waals surface area contributed by atoms with Crippen LogP contribution in [-0.4, -0.2) is 17.4 Å². The number of fused-ring (bicyclic) bond motifs is 1. The molecule has 2 N–H and O–H groups in total. The van der Waals surface area contributed by atoms with Crippen LogP contribution < -0.4 is 15.4 Å². The number of carbonyl (C=O) groups excluding carboxylic acids is 2. The van der Waals surface area contributed by atoms with Gasteiger partial charge in [0.05, 0.1) is 5.69 Å². The van der Waals surface area contributed by atoms with E-state index < -0.39 is 5.60 Å². The third kappa shape index (κ3) is 3.56. The molecule has 1 aliphatic heterocycles. The van der Waals surface area contributed by atoms with Crippen molar-refractivity contribution in [2.75, 3.05) is 10.6 Å². The zero-order chi connectivity index (χ0) is 17.2. The summed E-state index contributed by atoms with van der Waals surface area (Å²) in [6.45, 7) is 3.43. The van der Waals surface area contributed by atoms with Crippen LogP contribution in [0.1, 0.15) is 25.8 Å². The Labute approximate surface area is 141 Å². The number of carbonyl (C=O) groups is 2. The van der Waals surface area contributed by atoms with Gasteiger partial charge in [-0.1, -0.05) is 30.3 Å². The van der Waals surface area contributed by atoms with Gasteiger partial charge in [-0.05, 0) is 44.0 Å². The Bertz CT molecular complexity index is 769. The molecule has 0 saturated carbocycles. The summed E-state index contributed by atoms with van der Waals surface area (Å²) in [5, 5.41) is 5.66. The largest absolute Gasteiger partial charge is 0.476 e. The van der Waals surface area contributed by atoms with E-state index in [-0.39, 0.29) is 11.8 Å². The fourth-order valence-corrected chi connectivity index (χ4v) is 2.51. The highest BCUT2D eigenvalue weighted by Crippen LogP contribution is 2.35. The smallest absolute Gasteiger partial charge is 0.268 e. The molecular weight excluding hydrogens is 304 g/mol. The molecule has 0 aromatic heterocycles. The highest BCUT2D eigenvalue weighted by atomic mass is 16.5. The first-order chi connectivity index (χ1) is 11.4. The van der Waals surface area contributed by atoms with Gasteiger partial charge < -0.3 is 15.4 Å². The summed E-state index contributed by atoms with van der Waals surface area (Å²) in [4.78, 5) is 24.0. The minimum Gasteiger partial charge on any atom is -0.476 e. The van der Waals surface area contributed by atoms with Crippen LogP contribution in [0.5, 0.6) is 5.75 Å². The minimum absolute atomic E-state index is 0.0674. The predicted octanol–water partition coefficient (Wildman–Crippen LogP) is 3.37. The van der Waals surface area contributed by atoms with Crippen LogP contribution in [0.15, 0.2) is 48.5 Å². The van der Waals surface area contributed by atoms with Crippen molar-refractivity contribution < 1.29 is 14.3 Å². The molecule has 0 aliphatic carbocycles. The first-order valence-electron chi connectivity index (χ1n) is 7.92. The molecule has 0 radical (unpaired) electrons. The maximum absolute atomic E-state index is 12.1. The van der Waals surface area contributed by atoms with Gasteiger partial charge in [0.25, 0.3) is 5.91 Å². The topological polar surface area (TPSA) is 67.4 Å². The van der Waals surface area contributed by atoms with E-state index in [2.05, 4.69) is 10.6 Å². The molecule has 2 aromatic carbocycles. The average molecular weight is 324 g/mol. The van der Waals surface area contributed by atoms with Crippen LogP contribution >= 0.6 is 0 Å². The number of anilines is 2. The zero-order valence-electron chi connectivity index (χ0n) is 13.8. The second-order valence-electron chi connectivity index (χ2n) is 6.31. The zero-order valence-corrected chi connectivity index (χ0v) is 13.8. The van der Waals surface area contributed by atoms with Crippen LogP contribution in [0, 0.1) is 0 Å². The molecule has 0 saturated heterocycles. The van der Waals surface area contributed by atoms with Gasteiger partial charge in [-0.25, -0.2) is 0 Å². The fraction of sp³-hybridized carbons (Fsp3) is 0.263. The molecule has 124 valence electrons. The van der Waals surface area contributed by atoms with Crippen LogP contribution in [0.3, 0.4) is 0 Å². The highest BCUT2D eigenvalue weighted by Gasteiger charge is 2.35. The number of hydrogen-bond donors (Lipinski definition) is 2. The molecule has 2 amide bonds. The predicted molar refractivity (Wildman–Crippen MR) is 93.2 cm³/mol. The van der Waals surface area contributed by atoms with E-state index in [0.29, 0.717) is 30.0 Å². The van der Waals surface area contributed by atoms with E-state index in [4.69, 9.17) is 4.74 Å². The number of rotatable bonds is 4. The molecule has 3 rings (SSSR count). The van der Waals surface area contributed by atoms with Gasteiger partial charge >= 0.3 is 0 Å². The van der Waals surface area contributed by atoms with E-state index in [1.807, 2.05) is 30.3 Å². The van der Waals surface area contributed by atoms with E-state index in [0.717, 1.165) is 5.56 Å². The number of amides is 2. The molecule has 1 aliphatic rings. The SMILES string of the molecule is CC1(C)Oc2ccc(NC(=O)CCc3ccccc3)cc2NC1=O. The third-order valence-corrected chi connectivity index (χ3v) is 3.91. The summed E-state index contributed by atoms with van der Waals surface area (Å²) in [7, 11) is 0. The summed E-state index contributed by atoms with van der Waals surface area (Å²) in [6, 6.07) is 15.1. The molecule has 2 aromatic rings. The van der Waals surface area contributed by atoms with E-state index >= 15 is 0 Å². The number of aryl methyl sites for hydroxylation is 1. The quantitative estimate of drug-likeness (QED) is 0.906. The lowest BCUT2D eigenvalue weighted by Crippen LogP contribution is -2.45. The lowest BCUT2D eigenvalue weighted by Gasteiger charge is -2.31. The van der Waals surface area contributed by atoms with Gasteiger partial charge in [0, 0.05) is 12.1 Å². The van der Waals surface area contributed by atoms with Crippen molar-refractivity contribution in [2.45, 2.75) is 32.3 Å². The van der Waals surface area contributed by atoms with E-state index in [1.54, 1.807) is 32.0 Å². The van der Waals surface area contributed by atoms with Gasteiger partial charge in [-0.2, -0.15) is 0 Å². The van der Waals surface area contributed by atoms with Crippen LogP contribution in [0.4, 0.5) is 11.4 Å². The van der Waals surface area contributed by atoms with Gasteiger partial charge in [0.2, 0.25) is 5.91 Å². The number of hydrogen-bond acceptors (Lipinski definition) is 3. The second-order valence-corrected chi connectivity index (χ2v) is 6.31. The lowest BCUT2D eigenvalue weighted by atomic mass is 10.1. The summed E-state index contributed by atoms with van der Waals surface area (Å²) in [5.74, 6) is 0.326. The van der Waals surface area contributed by atoms with Crippen molar-refractivity contribution in [2.24, 2.45) is 0 Å². The van der Waals surface area contributed by atoms with E-state index in [9.17, 15) is 9.59 Å². The van der Waals surface area contributed by atoms with Crippen molar-refractivity contribution in [3.05, 3.63) is 54.1 Å². The average Bonchev–Trinajstić information content (AvgIpc) is 2.55. The van der Waals surface area contributed by atoms with Crippen LogP contribution in [-0.2, 0) is 16.0 Å². The van der Waals surface area contributed by atoms with Crippen molar-refractivity contribution in [1.82, 2.24) is 0 Å². The molecular formula is C19H20N2O3. The molecule has 24 heavy (non-hydrogen) atoms. The maximum Gasteiger partial charge on any atom is 0.268 e. The molecule has 0 bridgehead atoms. The molecule has 0 atom stereocenters. The Morgan fingerprint density at radius 2 is 1.92 bits per heavy atom. The molecule has 1 heterocycles. The fourth-order valence-electron chi connectivity index (χ4n) is 2.51. The molecule has 5 nitrogen and oxygen atoms in total. The molecule has 5 heteroatoms. The number of nitrogens with one attached hydrogen (secondary N) is 2. The maximum atomic E-state index is 12.1. The standard InChI is InChI=1S/C19H20N2O3/c1-19(2)18(23)21-15-12-14(9-10-16(15)24-19)20-17(22)11-8-13-6-4-3-5-7-13/h3-7,9-10,12H,8,11H2,1-2H3,(H,20,22)(H,21,23). The minimum atomic E-state index is -0.895. The van der Waals surface area contributed by atoms with Gasteiger partial charge in [-0.15, -0.1) is 0 Å². The normalized spacial score (nSPS) is 15.0. The number of ether oxygens (including phenoxy) is 1. The third-order valence-electron chi connectivity index (χ3n) is 3.91. The Kier molecular flexibility index (Phi) is 4.25. The van der Waals surface area contributed by atoms with Crippen LogP contribution in [0.2, 0.25) is 0 Å². The van der Waals surface area contributed by atoms with Crippen molar-refractivity contribution >= 4 is 23.2 Å². The van der Waals surface area contributed by atoms with E-state index in [1.165, 1.54) is 0 Å². The Hall–Kier alpha value is -2.82. The monoisotopic (exact) mass is 324 g/mol. The van der Waals surface area contributed by atoms with Gasteiger partial charge in [0.15, 0.2) is 5.60 Å². The summed E-state index contributed by atoms with van der Waals surface area (Å²) < 4.78 is 5.67. The molecule has 0 spiro atoms. The van der Waals surface area contributed by atoms with Crippen LogP contribution in [0.25, 0.3) is 0 Å². The van der Waals surface area contributed by atoms with Crippen molar-refractivity contribution in [1.29, 1.82) is 0 Å².